The number of hydrogen-bond acceptors (Lipinski definition) is 6. The highest BCUT2D eigenvalue weighted by molar-refractivity contribution is 6.02. The Labute approximate surface area is 166 Å². The van der Waals surface area contributed by atoms with Crippen molar-refractivity contribution < 1.29 is 18.4 Å². The summed E-state index contributed by atoms with van der Waals surface area (Å²) in [5, 5.41) is 5.39. The van der Waals surface area contributed by atoms with Crippen molar-refractivity contribution in [2.45, 2.75) is 20.0 Å². The van der Waals surface area contributed by atoms with Crippen molar-refractivity contribution >= 4 is 27.8 Å². The number of amides is 1. The zero-order valence-electron chi connectivity index (χ0n) is 16.3. The van der Waals surface area contributed by atoms with Crippen LogP contribution in [0.15, 0.2) is 56.4 Å². The van der Waals surface area contributed by atoms with Crippen molar-refractivity contribution in [3.05, 3.63) is 64.5 Å². The first kappa shape index (κ1) is 18.9. The molecule has 8 nitrogen and oxygen atoms in total. The summed E-state index contributed by atoms with van der Waals surface area (Å²) < 4.78 is 17.4. The number of methoxy groups -OCH3 is 1. The van der Waals surface area contributed by atoms with Gasteiger partial charge in [0.15, 0.2) is 0 Å². The van der Waals surface area contributed by atoms with Crippen molar-refractivity contribution in [3.63, 3.8) is 0 Å². The molecule has 29 heavy (non-hydrogen) atoms. The van der Waals surface area contributed by atoms with Crippen molar-refractivity contribution in [2.24, 2.45) is 0 Å². The van der Waals surface area contributed by atoms with Gasteiger partial charge in [0.25, 0.3) is 0 Å². The van der Waals surface area contributed by atoms with Gasteiger partial charge in [-0.25, -0.2) is 4.79 Å². The zero-order valence-corrected chi connectivity index (χ0v) is 16.3. The van der Waals surface area contributed by atoms with Crippen molar-refractivity contribution in [3.8, 4) is 0 Å². The molecular formula is C21H21N3O5. The van der Waals surface area contributed by atoms with E-state index in [4.69, 9.17) is 13.6 Å². The van der Waals surface area contributed by atoms with Crippen LogP contribution in [0.1, 0.15) is 11.3 Å². The summed E-state index contributed by atoms with van der Waals surface area (Å²) in [7, 11) is 1.59. The first-order valence-electron chi connectivity index (χ1n) is 9.25. The van der Waals surface area contributed by atoms with Crippen LogP contribution < -0.4 is 5.63 Å². The highest BCUT2D eigenvalue weighted by atomic mass is 16.5. The summed E-state index contributed by atoms with van der Waals surface area (Å²) in [6.07, 6.45) is 3.02. The summed E-state index contributed by atoms with van der Waals surface area (Å²) in [5.74, 6) is 0.527. The fourth-order valence-corrected chi connectivity index (χ4v) is 3.32. The fourth-order valence-electron chi connectivity index (χ4n) is 3.32. The third kappa shape index (κ3) is 3.79. The predicted octanol–water partition coefficient (Wildman–Crippen LogP) is 2.72. The van der Waals surface area contributed by atoms with Gasteiger partial charge < -0.3 is 18.5 Å². The molecule has 0 N–H and O–H groups in total. The second kappa shape index (κ2) is 7.92. The molecule has 0 fully saturated rings. The number of rotatable bonds is 7. The normalized spacial score (nSPS) is 11.4. The van der Waals surface area contributed by atoms with Crippen LogP contribution in [-0.4, -0.2) is 40.8 Å². The Kier molecular flexibility index (Phi) is 5.18. The lowest BCUT2D eigenvalue weighted by Gasteiger charge is -2.21. The van der Waals surface area contributed by atoms with Gasteiger partial charge in [-0.3, -0.25) is 9.48 Å². The summed E-state index contributed by atoms with van der Waals surface area (Å²) in [4.78, 5) is 27.0. The number of aromatic nitrogens is 2. The van der Waals surface area contributed by atoms with Crippen LogP contribution in [-0.2, 0) is 22.6 Å². The quantitative estimate of drug-likeness (QED) is 0.447. The van der Waals surface area contributed by atoms with Crippen molar-refractivity contribution in [2.75, 3.05) is 20.3 Å². The molecule has 0 radical (unpaired) electrons. The molecule has 3 aromatic heterocycles. The molecular weight excluding hydrogens is 374 g/mol. The number of benzene rings is 1. The molecule has 0 atom stereocenters. The molecule has 8 heteroatoms. The maximum absolute atomic E-state index is 13.0. The second-order valence-corrected chi connectivity index (χ2v) is 6.84. The number of carbonyl (C=O) groups is 1. The number of aryl methyl sites for hydroxylation is 1. The number of nitrogens with zero attached hydrogens (tertiary/aromatic N) is 3. The average Bonchev–Trinajstić information content (AvgIpc) is 3.36. The van der Waals surface area contributed by atoms with Crippen LogP contribution in [0.25, 0.3) is 21.9 Å². The third-order valence-corrected chi connectivity index (χ3v) is 4.78. The summed E-state index contributed by atoms with van der Waals surface area (Å²) in [6.45, 7) is 3.09. The molecule has 4 rings (SSSR count). The Hall–Kier alpha value is -3.39. The molecule has 0 bridgehead atoms. The minimum atomic E-state index is -0.470. The van der Waals surface area contributed by atoms with E-state index in [0.29, 0.717) is 41.9 Å². The SMILES string of the molecule is COCCN(Cc1ccco1)C(=O)Cn1ncc2c(=O)oc3ccc(C)cc3c21. The molecule has 1 amide bonds. The van der Waals surface area contributed by atoms with E-state index in [0.717, 1.165) is 10.9 Å². The van der Waals surface area contributed by atoms with Gasteiger partial charge in [0, 0.05) is 19.0 Å². The topological polar surface area (TPSA) is 90.7 Å². The van der Waals surface area contributed by atoms with Crippen molar-refractivity contribution in [1.29, 1.82) is 0 Å². The lowest BCUT2D eigenvalue weighted by atomic mass is 10.1. The minimum absolute atomic E-state index is 0.0135. The van der Waals surface area contributed by atoms with Gasteiger partial charge >= 0.3 is 5.63 Å². The van der Waals surface area contributed by atoms with E-state index in [1.807, 2.05) is 25.1 Å². The number of carbonyl (C=O) groups excluding carboxylic acids is 1. The Morgan fingerprint density at radius 2 is 2.14 bits per heavy atom. The largest absolute Gasteiger partial charge is 0.467 e. The van der Waals surface area contributed by atoms with E-state index in [9.17, 15) is 9.59 Å². The maximum Gasteiger partial charge on any atom is 0.347 e. The summed E-state index contributed by atoms with van der Waals surface area (Å²) >= 11 is 0. The van der Waals surface area contributed by atoms with Crippen LogP contribution in [0.3, 0.4) is 0 Å². The predicted molar refractivity (Wildman–Crippen MR) is 107 cm³/mol. The van der Waals surface area contributed by atoms with Gasteiger partial charge in [-0.05, 0) is 31.2 Å². The van der Waals surface area contributed by atoms with Gasteiger partial charge in [-0.15, -0.1) is 0 Å². The van der Waals surface area contributed by atoms with Crippen LogP contribution >= 0.6 is 0 Å². The Morgan fingerprint density at radius 3 is 2.90 bits per heavy atom. The standard InChI is InChI=1S/C21H21N3O5/c1-14-5-6-18-16(10-14)20-17(21(26)29-18)11-22-24(20)13-19(25)23(7-9-27-2)12-15-4-3-8-28-15/h3-6,8,10-11H,7,9,12-13H2,1-2H3. The van der Waals surface area contributed by atoms with Crippen molar-refractivity contribution in [1.82, 2.24) is 14.7 Å². The van der Waals surface area contributed by atoms with Crippen LogP contribution in [0, 0.1) is 6.92 Å². The molecule has 0 saturated heterocycles. The summed E-state index contributed by atoms with van der Waals surface area (Å²) in [5.41, 5.74) is 1.61. The van der Waals surface area contributed by atoms with E-state index in [1.165, 1.54) is 6.20 Å². The fraction of sp³-hybridized carbons (Fsp3) is 0.286. The summed E-state index contributed by atoms with van der Waals surface area (Å²) in [6, 6.07) is 9.15. The van der Waals surface area contributed by atoms with E-state index < -0.39 is 5.63 Å². The third-order valence-electron chi connectivity index (χ3n) is 4.78. The van der Waals surface area contributed by atoms with Gasteiger partial charge in [0.2, 0.25) is 5.91 Å². The van der Waals surface area contributed by atoms with E-state index in [2.05, 4.69) is 5.10 Å². The lowest BCUT2D eigenvalue weighted by Crippen LogP contribution is -2.36. The lowest BCUT2D eigenvalue weighted by molar-refractivity contribution is -0.133. The Balaban J connectivity index is 1.70. The molecule has 1 aromatic carbocycles. The Morgan fingerprint density at radius 1 is 1.28 bits per heavy atom. The van der Waals surface area contributed by atoms with Crippen LogP contribution in [0.4, 0.5) is 0 Å². The van der Waals surface area contributed by atoms with E-state index >= 15 is 0 Å². The number of fused-ring (bicyclic) bond motifs is 3. The van der Waals surface area contributed by atoms with Crippen LogP contribution in [0.5, 0.6) is 0 Å². The van der Waals surface area contributed by atoms with Gasteiger partial charge in [-0.2, -0.15) is 5.10 Å². The van der Waals surface area contributed by atoms with Gasteiger partial charge in [-0.1, -0.05) is 11.6 Å². The molecule has 150 valence electrons. The Bertz CT molecular complexity index is 1210. The number of hydrogen-bond donors (Lipinski definition) is 0. The van der Waals surface area contributed by atoms with Gasteiger partial charge in [0.1, 0.15) is 23.3 Å². The van der Waals surface area contributed by atoms with Crippen LogP contribution in [0.2, 0.25) is 0 Å². The highest BCUT2D eigenvalue weighted by Gasteiger charge is 2.19. The monoisotopic (exact) mass is 395 g/mol. The van der Waals surface area contributed by atoms with E-state index in [-0.39, 0.29) is 12.5 Å². The molecule has 0 saturated carbocycles. The molecule has 4 aromatic rings. The smallest absolute Gasteiger partial charge is 0.347 e. The minimum Gasteiger partial charge on any atom is -0.467 e. The highest BCUT2D eigenvalue weighted by Crippen LogP contribution is 2.24. The second-order valence-electron chi connectivity index (χ2n) is 6.84. The zero-order chi connectivity index (χ0) is 20.4. The number of ether oxygens (including phenoxy) is 1. The molecule has 0 aliphatic carbocycles. The molecule has 0 aliphatic heterocycles. The van der Waals surface area contributed by atoms with E-state index in [1.54, 1.807) is 35.1 Å². The molecule has 3 heterocycles. The maximum atomic E-state index is 13.0. The first-order chi connectivity index (χ1) is 14.1. The molecule has 0 aliphatic rings. The average molecular weight is 395 g/mol. The van der Waals surface area contributed by atoms with Gasteiger partial charge in [0.05, 0.1) is 31.1 Å². The molecule has 0 spiro atoms. The first-order valence-corrected chi connectivity index (χ1v) is 9.25. The number of furan rings is 1. The molecule has 0 unspecified atom stereocenters.